The van der Waals surface area contributed by atoms with Crippen molar-refractivity contribution in [3.8, 4) is 6.07 Å². The number of rotatable bonds is 7. The molecule has 0 unspecified atom stereocenters. The van der Waals surface area contributed by atoms with Gasteiger partial charge in [0.1, 0.15) is 6.07 Å². The molecule has 0 aromatic heterocycles. The van der Waals surface area contributed by atoms with Crippen molar-refractivity contribution in [2.75, 3.05) is 6.61 Å². The number of hydrogen-bond donors (Lipinski definition) is 0. The van der Waals surface area contributed by atoms with Crippen LogP contribution in [0.1, 0.15) is 75.7 Å². The second-order valence-corrected chi connectivity index (χ2v) is 8.61. The average Bonchev–Trinajstić information content (AvgIpc) is 2.75. The van der Waals surface area contributed by atoms with Gasteiger partial charge in [0.15, 0.2) is 17.5 Å². The molecule has 0 N–H and O–H groups in total. The molecule has 0 heterocycles. The summed E-state index contributed by atoms with van der Waals surface area (Å²) in [6.07, 6.45) is 11.7. The van der Waals surface area contributed by atoms with Crippen LogP contribution in [0.15, 0.2) is 30.1 Å². The first-order valence-corrected chi connectivity index (χ1v) is 10.9. The van der Waals surface area contributed by atoms with Crippen LogP contribution < -0.4 is 0 Å². The predicted octanol–water partition coefficient (Wildman–Crippen LogP) is 6.97. The molecule has 0 amide bonds. The largest absolute Gasteiger partial charge is 0.378 e. The lowest BCUT2D eigenvalue weighted by atomic mass is 9.80. The number of nitrogens with zero attached hydrogens (tertiary/aromatic N) is 1. The molecule has 158 valence electrons. The van der Waals surface area contributed by atoms with E-state index in [4.69, 9.17) is 10.00 Å². The molecule has 0 spiro atoms. The van der Waals surface area contributed by atoms with E-state index in [2.05, 4.69) is 0 Å². The van der Waals surface area contributed by atoms with Gasteiger partial charge in [-0.1, -0.05) is 18.9 Å². The number of halogens is 3. The molecule has 2 saturated carbocycles. The molecule has 0 aliphatic heterocycles. The SMILES string of the molecule is N#C/C(F)=C\CCC1CCC(COC2CCC(c3ccc(F)c(F)c3)CC2)CC1. The zero-order valence-corrected chi connectivity index (χ0v) is 16.9. The molecule has 2 aliphatic carbocycles. The molecule has 0 radical (unpaired) electrons. The topological polar surface area (TPSA) is 33.0 Å². The smallest absolute Gasteiger partial charge is 0.196 e. The summed E-state index contributed by atoms with van der Waals surface area (Å²) >= 11 is 0. The standard InChI is InChI=1S/C24H30F3NO/c25-21(15-28)3-1-2-17-4-6-18(7-5-17)16-29-22-11-8-19(9-12-22)20-10-13-23(26)24(27)14-20/h3,10,13-14,17-19,22H,1-2,4-9,11-12,16H2/b21-3+. The fourth-order valence-electron chi connectivity index (χ4n) is 4.78. The Morgan fingerprint density at radius 3 is 2.34 bits per heavy atom. The Kier molecular flexibility index (Phi) is 8.18. The Hall–Kier alpha value is -1.80. The van der Waals surface area contributed by atoms with Gasteiger partial charge >= 0.3 is 0 Å². The number of benzene rings is 1. The molecule has 29 heavy (non-hydrogen) atoms. The van der Waals surface area contributed by atoms with Gasteiger partial charge < -0.3 is 4.74 Å². The lowest BCUT2D eigenvalue weighted by Crippen LogP contribution is -2.25. The van der Waals surface area contributed by atoms with E-state index in [-0.39, 0.29) is 6.10 Å². The second kappa shape index (κ2) is 10.8. The molecule has 2 fully saturated rings. The zero-order valence-electron chi connectivity index (χ0n) is 16.9. The van der Waals surface area contributed by atoms with Crippen LogP contribution in [0.5, 0.6) is 0 Å². The number of allylic oxidation sites excluding steroid dienone is 2. The molecule has 0 atom stereocenters. The van der Waals surface area contributed by atoms with E-state index in [0.29, 0.717) is 24.2 Å². The van der Waals surface area contributed by atoms with E-state index in [0.717, 1.165) is 70.0 Å². The molecule has 3 rings (SSSR count). The Balaban J connectivity index is 1.32. The van der Waals surface area contributed by atoms with E-state index >= 15 is 0 Å². The summed E-state index contributed by atoms with van der Waals surface area (Å²) in [7, 11) is 0. The van der Waals surface area contributed by atoms with Gasteiger partial charge in [0.05, 0.1) is 6.10 Å². The van der Waals surface area contributed by atoms with Crippen molar-refractivity contribution in [2.24, 2.45) is 11.8 Å². The summed E-state index contributed by atoms with van der Waals surface area (Å²) in [4.78, 5) is 0. The molecule has 1 aromatic rings. The van der Waals surface area contributed by atoms with E-state index in [1.807, 2.05) is 0 Å². The Morgan fingerprint density at radius 1 is 1.00 bits per heavy atom. The van der Waals surface area contributed by atoms with Gasteiger partial charge in [0.2, 0.25) is 0 Å². The maximum atomic E-state index is 13.5. The summed E-state index contributed by atoms with van der Waals surface area (Å²) in [6, 6.07) is 5.78. The van der Waals surface area contributed by atoms with Crippen molar-refractivity contribution in [2.45, 2.75) is 76.2 Å². The van der Waals surface area contributed by atoms with Gasteiger partial charge in [-0.15, -0.1) is 0 Å². The molecule has 0 saturated heterocycles. The quantitative estimate of drug-likeness (QED) is 0.459. The molecule has 2 aliphatic rings. The fourth-order valence-corrected chi connectivity index (χ4v) is 4.78. The Labute approximate surface area is 171 Å². The van der Waals surface area contributed by atoms with E-state index in [1.165, 1.54) is 24.3 Å². The summed E-state index contributed by atoms with van der Waals surface area (Å²) in [5, 5.41) is 8.43. The summed E-state index contributed by atoms with van der Waals surface area (Å²) in [5.74, 6) is -0.706. The minimum Gasteiger partial charge on any atom is -0.378 e. The third kappa shape index (κ3) is 6.60. The maximum Gasteiger partial charge on any atom is 0.196 e. The second-order valence-electron chi connectivity index (χ2n) is 8.61. The lowest BCUT2D eigenvalue weighted by Gasteiger charge is -2.32. The van der Waals surface area contributed by atoms with Gasteiger partial charge in [-0.05, 0) is 92.9 Å². The van der Waals surface area contributed by atoms with Crippen LogP contribution in [0.25, 0.3) is 0 Å². The van der Waals surface area contributed by atoms with Crippen molar-refractivity contribution < 1.29 is 17.9 Å². The van der Waals surface area contributed by atoms with Gasteiger partial charge in [-0.3, -0.25) is 0 Å². The third-order valence-electron chi connectivity index (χ3n) is 6.63. The monoisotopic (exact) mass is 405 g/mol. The van der Waals surface area contributed by atoms with Crippen LogP contribution in [0, 0.1) is 34.8 Å². The zero-order chi connectivity index (χ0) is 20.6. The van der Waals surface area contributed by atoms with Crippen LogP contribution in [0.3, 0.4) is 0 Å². The average molecular weight is 406 g/mol. The molecule has 2 nitrogen and oxygen atoms in total. The highest BCUT2D eigenvalue weighted by Crippen LogP contribution is 2.36. The number of ether oxygens (including phenoxy) is 1. The van der Waals surface area contributed by atoms with Crippen molar-refractivity contribution in [3.05, 3.63) is 47.3 Å². The summed E-state index contributed by atoms with van der Waals surface area (Å²) in [6.45, 7) is 0.802. The Bertz CT molecular complexity index is 726. The van der Waals surface area contributed by atoms with Gasteiger partial charge in [-0.25, -0.2) is 8.78 Å². The first kappa shape index (κ1) is 21.9. The first-order valence-electron chi connectivity index (χ1n) is 10.9. The van der Waals surface area contributed by atoms with E-state index in [1.54, 1.807) is 6.07 Å². The number of nitriles is 1. The van der Waals surface area contributed by atoms with E-state index in [9.17, 15) is 13.2 Å². The van der Waals surface area contributed by atoms with Crippen molar-refractivity contribution in [3.63, 3.8) is 0 Å². The van der Waals surface area contributed by atoms with Crippen LogP contribution in [0.2, 0.25) is 0 Å². The van der Waals surface area contributed by atoms with Crippen LogP contribution >= 0.6 is 0 Å². The van der Waals surface area contributed by atoms with Gasteiger partial charge in [0, 0.05) is 6.61 Å². The van der Waals surface area contributed by atoms with E-state index < -0.39 is 17.5 Å². The van der Waals surface area contributed by atoms with Crippen molar-refractivity contribution in [1.82, 2.24) is 0 Å². The molecule has 5 heteroatoms. The molecular formula is C24H30F3NO. The molecule has 1 aromatic carbocycles. The molecular weight excluding hydrogens is 375 g/mol. The summed E-state index contributed by atoms with van der Waals surface area (Å²) < 4.78 is 45.6. The van der Waals surface area contributed by atoms with Crippen molar-refractivity contribution in [1.29, 1.82) is 5.26 Å². The minimum atomic E-state index is -0.786. The minimum absolute atomic E-state index is 0.272. The Morgan fingerprint density at radius 2 is 1.69 bits per heavy atom. The first-order chi connectivity index (χ1) is 14.0. The predicted molar refractivity (Wildman–Crippen MR) is 107 cm³/mol. The van der Waals surface area contributed by atoms with Crippen LogP contribution in [-0.2, 0) is 4.74 Å². The summed E-state index contributed by atoms with van der Waals surface area (Å²) in [5.41, 5.74) is 0.894. The van der Waals surface area contributed by atoms with Gasteiger partial charge in [-0.2, -0.15) is 9.65 Å². The molecule has 0 bridgehead atoms. The fraction of sp³-hybridized carbons (Fsp3) is 0.625. The van der Waals surface area contributed by atoms with Crippen LogP contribution in [-0.4, -0.2) is 12.7 Å². The lowest BCUT2D eigenvalue weighted by molar-refractivity contribution is -0.00476. The highest BCUT2D eigenvalue weighted by Gasteiger charge is 2.26. The number of hydrogen-bond acceptors (Lipinski definition) is 2. The van der Waals surface area contributed by atoms with Crippen molar-refractivity contribution >= 4 is 0 Å². The third-order valence-corrected chi connectivity index (χ3v) is 6.63. The van der Waals surface area contributed by atoms with Gasteiger partial charge in [0.25, 0.3) is 0 Å². The maximum absolute atomic E-state index is 13.5. The highest BCUT2D eigenvalue weighted by molar-refractivity contribution is 5.22. The highest BCUT2D eigenvalue weighted by atomic mass is 19.2. The normalized spacial score (nSPS) is 28.1. The van der Waals surface area contributed by atoms with Crippen LogP contribution in [0.4, 0.5) is 13.2 Å².